The SMILES string of the molecule is CCOc1ccccc1NC(=O)CSc1c[nH]c2c(Br)c(OC)ccc12. The molecule has 0 atom stereocenters. The van der Waals surface area contributed by atoms with Crippen molar-refractivity contribution in [2.24, 2.45) is 0 Å². The molecule has 0 aliphatic heterocycles. The molecule has 2 N–H and O–H groups in total. The van der Waals surface area contributed by atoms with Gasteiger partial charge in [0.25, 0.3) is 0 Å². The zero-order valence-corrected chi connectivity index (χ0v) is 16.9. The highest BCUT2D eigenvalue weighted by Gasteiger charge is 2.13. The summed E-state index contributed by atoms with van der Waals surface area (Å²) in [5, 5.41) is 3.96. The van der Waals surface area contributed by atoms with Gasteiger partial charge in [0.2, 0.25) is 5.91 Å². The van der Waals surface area contributed by atoms with E-state index in [0.717, 1.165) is 26.0 Å². The number of carbonyl (C=O) groups excluding carboxylic acids is 1. The van der Waals surface area contributed by atoms with Gasteiger partial charge in [0, 0.05) is 16.5 Å². The Morgan fingerprint density at radius 2 is 2.04 bits per heavy atom. The van der Waals surface area contributed by atoms with E-state index in [2.05, 4.69) is 26.2 Å². The van der Waals surface area contributed by atoms with Gasteiger partial charge in [-0.3, -0.25) is 4.79 Å². The zero-order valence-electron chi connectivity index (χ0n) is 14.5. The minimum atomic E-state index is -0.0796. The van der Waals surface area contributed by atoms with Crippen LogP contribution in [-0.4, -0.2) is 30.4 Å². The lowest BCUT2D eigenvalue weighted by Crippen LogP contribution is -2.14. The first kappa shape index (κ1) is 18.7. The quantitative estimate of drug-likeness (QED) is 0.509. The number of amides is 1. The fourth-order valence-corrected chi connectivity index (χ4v) is 4.03. The number of hydrogen-bond acceptors (Lipinski definition) is 4. The van der Waals surface area contributed by atoms with E-state index in [4.69, 9.17) is 9.47 Å². The number of para-hydroxylation sites is 2. The van der Waals surface area contributed by atoms with Gasteiger partial charge in [-0.25, -0.2) is 0 Å². The summed E-state index contributed by atoms with van der Waals surface area (Å²) < 4.78 is 11.7. The van der Waals surface area contributed by atoms with Crippen molar-refractivity contribution in [3.63, 3.8) is 0 Å². The van der Waals surface area contributed by atoms with Gasteiger partial charge in [-0.2, -0.15) is 0 Å². The first-order chi connectivity index (χ1) is 12.6. The minimum Gasteiger partial charge on any atom is -0.495 e. The average Bonchev–Trinajstić information content (AvgIpc) is 3.06. The van der Waals surface area contributed by atoms with E-state index in [0.29, 0.717) is 23.8 Å². The average molecular weight is 435 g/mol. The number of H-pyrrole nitrogens is 1. The van der Waals surface area contributed by atoms with Crippen molar-refractivity contribution < 1.29 is 14.3 Å². The highest BCUT2D eigenvalue weighted by atomic mass is 79.9. The van der Waals surface area contributed by atoms with Crippen molar-refractivity contribution in [2.45, 2.75) is 11.8 Å². The fourth-order valence-electron chi connectivity index (χ4n) is 2.58. The molecule has 7 heteroatoms. The van der Waals surface area contributed by atoms with Crippen molar-refractivity contribution in [2.75, 3.05) is 24.8 Å². The van der Waals surface area contributed by atoms with E-state index >= 15 is 0 Å². The fraction of sp³-hybridized carbons (Fsp3) is 0.211. The lowest BCUT2D eigenvalue weighted by Gasteiger charge is -2.11. The number of thioether (sulfide) groups is 1. The van der Waals surface area contributed by atoms with Gasteiger partial charge in [0.05, 0.1) is 35.1 Å². The summed E-state index contributed by atoms with van der Waals surface area (Å²) in [5.74, 6) is 1.67. The Hall–Kier alpha value is -2.12. The van der Waals surface area contributed by atoms with Crippen LogP contribution in [0.25, 0.3) is 10.9 Å². The smallest absolute Gasteiger partial charge is 0.234 e. The van der Waals surface area contributed by atoms with Crippen molar-refractivity contribution in [3.05, 3.63) is 47.1 Å². The summed E-state index contributed by atoms with van der Waals surface area (Å²) in [4.78, 5) is 16.6. The predicted molar refractivity (Wildman–Crippen MR) is 110 cm³/mol. The Morgan fingerprint density at radius 3 is 2.81 bits per heavy atom. The third-order valence-electron chi connectivity index (χ3n) is 3.76. The maximum atomic E-state index is 12.3. The normalized spacial score (nSPS) is 10.7. The van der Waals surface area contributed by atoms with Crippen LogP contribution in [0.3, 0.4) is 0 Å². The molecule has 26 heavy (non-hydrogen) atoms. The Balaban J connectivity index is 1.69. The van der Waals surface area contributed by atoms with Crippen LogP contribution in [0, 0.1) is 0 Å². The topological polar surface area (TPSA) is 63.3 Å². The summed E-state index contributed by atoms with van der Waals surface area (Å²) in [5.41, 5.74) is 1.64. The highest BCUT2D eigenvalue weighted by molar-refractivity contribution is 9.10. The molecular formula is C19H19BrN2O3S. The zero-order chi connectivity index (χ0) is 18.5. The van der Waals surface area contributed by atoms with Gasteiger partial charge in [0.15, 0.2) is 0 Å². The molecular weight excluding hydrogens is 416 g/mol. The molecule has 1 aromatic heterocycles. The molecule has 0 aliphatic rings. The Bertz CT molecular complexity index is 926. The standard InChI is InChI=1S/C19H19BrN2O3S/c1-3-25-14-7-5-4-6-13(14)22-17(23)11-26-16-10-21-19-12(16)8-9-15(24-2)18(19)20/h4-10,21H,3,11H2,1-2H3,(H,22,23). The Labute approximate surface area is 164 Å². The van der Waals surface area contributed by atoms with Crippen molar-refractivity contribution in [1.82, 2.24) is 4.98 Å². The van der Waals surface area contributed by atoms with Crippen molar-refractivity contribution in [3.8, 4) is 11.5 Å². The number of aromatic nitrogens is 1. The van der Waals surface area contributed by atoms with E-state index in [1.165, 1.54) is 11.8 Å². The summed E-state index contributed by atoms with van der Waals surface area (Å²) in [6.07, 6.45) is 1.90. The molecule has 0 aliphatic carbocycles. The molecule has 0 saturated carbocycles. The molecule has 0 saturated heterocycles. The number of aromatic amines is 1. The first-order valence-electron chi connectivity index (χ1n) is 8.12. The summed E-state index contributed by atoms with van der Waals surface area (Å²) in [7, 11) is 1.63. The lowest BCUT2D eigenvalue weighted by molar-refractivity contribution is -0.113. The number of rotatable bonds is 7. The van der Waals surface area contributed by atoms with Gasteiger partial charge in [-0.05, 0) is 47.1 Å². The third kappa shape index (κ3) is 3.99. The molecule has 3 rings (SSSR count). The van der Waals surface area contributed by atoms with Crippen molar-refractivity contribution >= 4 is 50.2 Å². The van der Waals surface area contributed by atoms with Crippen LogP contribution in [-0.2, 0) is 4.79 Å². The molecule has 0 bridgehead atoms. The molecule has 0 radical (unpaired) electrons. The largest absolute Gasteiger partial charge is 0.495 e. The number of anilines is 1. The van der Waals surface area contributed by atoms with Crippen LogP contribution in [0.1, 0.15) is 6.92 Å². The van der Waals surface area contributed by atoms with Gasteiger partial charge in [0.1, 0.15) is 11.5 Å². The highest BCUT2D eigenvalue weighted by Crippen LogP contribution is 2.37. The number of benzene rings is 2. The monoisotopic (exact) mass is 434 g/mol. The summed E-state index contributed by atoms with van der Waals surface area (Å²) in [6.45, 7) is 2.47. The number of halogens is 1. The maximum absolute atomic E-state index is 12.3. The number of fused-ring (bicyclic) bond motifs is 1. The number of ether oxygens (including phenoxy) is 2. The number of carbonyl (C=O) groups is 1. The van der Waals surface area contributed by atoms with Crippen LogP contribution in [0.4, 0.5) is 5.69 Å². The van der Waals surface area contributed by atoms with E-state index in [1.807, 2.05) is 49.5 Å². The Kier molecular flexibility index (Phi) is 6.11. The van der Waals surface area contributed by atoms with Gasteiger partial charge < -0.3 is 19.8 Å². The lowest BCUT2D eigenvalue weighted by atomic mass is 10.2. The first-order valence-corrected chi connectivity index (χ1v) is 9.90. The molecule has 3 aromatic rings. The minimum absolute atomic E-state index is 0.0796. The summed E-state index contributed by atoms with van der Waals surface area (Å²) in [6, 6.07) is 11.3. The van der Waals surface area contributed by atoms with Gasteiger partial charge >= 0.3 is 0 Å². The number of hydrogen-bond donors (Lipinski definition) is 2. The van der Waals surface area contributed by atoms with E-state index in [9.17, 15) is 4.79 Å². The van der Waals surface area contributed by atoms with Gasteiger partial charge in [-0.15, -0.1) is 11.8 Å². The predicted octanol–water partition coefficient (Wildman–Crippen LogP) is 5.07. The molecule has 0 fully saturated rings. The molecule has 2 aromatic carbocycles. The molecule has 136 valence electrons. The second kappa shape index (κ2) is 8.51. The third-order valence-corrected chi connectivity index (χ3v) is 5.60. The summed E-state index contributed by atoms with van der Waals surface area (Å²) >= 11 is 5.02. The van der Waals surface area contributed by atoms with Crippen LogP contribution < -0.4 is 14.8 Å². The van der Waals surface area contributed by atoms with Crippen LogP contribution in [0.5, 0.6) is 11.5 Å². The van der Waals surface area contributed by atoms with Crippen LogP contribution in [0.15, 0.2) is 52.0 Å². The second-order valence-electron chi connectivity index (χ2n) is 5.42. The van der Waals surface area contributed by atoms with Crippen LogP contribution in [0.2, 0.25) is 0 Å². The second-order valence-corrected chi connectivity index (χ2v) is 7.23. The van der Waals surface area contributed by atoms with Gasteiger partial charge in [-0.1, -0.05) is 12.1 Å². The maximum Gasteiger partial charge on any atom is 0.234 e. The van der Waals surface area contributed by atoms with Crippen LogP contribution >= 0.6 is 27.7 Å². The molecule has 5 nitrogen and oxygen atoms in total. The molecule has 1 heterocycles. The number of methoxy groups -OCH3 is 1. The molecule has 0 unspecified atom stereocenters. The van der Waals surface area contributed by atoms with Crippen molar-refractivity contribution in [1.29, 1.82) is 0 Å². The molecule has 0 spiro atoms. The van der Waals surface area contributed by atoms with E-state index < -0.39 is 0 Å². The van der Waals surface area contributed by atoms with E-state index in [1.54, 1.807) is 7.11 Å². The number of nitrogens with one attached hydrogen (secondary N) is 2. The van der Waals surface area contributed by atoms with E-state index in [-0.39, 0.29) is 5.91 Å². The Morgan fingerprint density at radius 1 is 1.23 bits per heavy atom. The molecule has 1 amide bonds.